The van der Waals surface area contributed by atoms with Gasteiger partial charge in [-0.2, -0.15) is 21.4 Å². The number of carboxylic acids is 2. The number of aliphatic carboxylic acids is 2. The van der Waals surface area contributed by atoms with Crippen LogP contribution in [-0.2, 0) is 45.4 Å². The molecule has 17 heteroatoms. The Kier molecular flexibility index (Phi) is 9.73. The Labute approximate surface area is 226 Å². The number of fused-ring (bicyclic) bond motifs is 1. The number of carbonyl (C=O) groups is 2. The summed E-state index contributed by atoms with van der Waals surface area (Å²) in [6.07, 6.45) is -2.76. The van der Waals surface area contributed by atoms with Gasteiger partial charge in [-0.25, -0.2) is 8.42 Å². The van der Waals surface area contributed by atoms with Crippen molar-refractivity contribution in [3.05, 3.63) is 28.8 Å². The zero-order valence-corrected chi connectivity index (χ0v) is 23.8. The summed E-state index contributed by atoms with van der Waals surface area (Å²) in [7, 11) is -14.5. The third-order valence-electron chi connectivity index (χ3n) is 6.85. The molecule has 0 amide bonds. The molecule has 0 fully saturated rings. The fourth-order valence-electron chi connectivity index (χ4n) is 4.85. The van der Waals surface area contributed by atoms with Crippen molar-refractivity contribution < 1.29 is 63.3 Å². The van der Waals surface area contributed by atoms with E-state index in [9.17, 15) is 43.9 Å². The Morgan fingerprint density at radius 2 is 1.46 bits per heavy atom. The highest BCUT2D eigenvalue weighted by Crippen LogP contribution is 2.48. The fourth-order valence-corrected chi connectivity index (χ4v) is 7.14. The molecule has 0 saturated heterocycles. The molecule has 2 unspecified atom stereocenters. The van der Waals surface area contributed by atoms with Crippen LogP contribution in [0.1, 0.15) is 80.1 Å². The van der Waals surface area contributed by atoms with Crippen LogP contribution in [0.5, 0.6) is 0 Å². The zero-order chi connectivity index (χ0) is 30.1. The van der Waals surface area contributed by atoms with Crippen molar-refractivity contribution in [3.63, 3.8) is 0 Å². The lowest BCUT2D eigenvalue weighted by Crippen LogP contribution is -2.29. The van der Waals surface area contributed by atoms with Crippen LogP contribution in [0.25, 0.3) is 0 Å². The summed E-state index contributed by atoms with van der Waals surface area (Å²) in [6.45, 7) is 4.94. The maximum Gasteiger partial charge on any atom is 0.303 e. The molecule has 220 valence electrons. The molecule has 0 spiro atoms. The van der Waals surface area contributed by atoms with Gasteiger partial charge in [-0.3, -0.25) is 18.7 Å². The Hall–Kier alpha value is -2.44. The molecule has 2 rings (SSSR count). The number of hydrogen-bond donors (Lipinski definition) is 4. The Bertz CT molecular complexity index is 1510. The second-order valence-corrected chi connectivity index (χ2v) is 14.6. The van der Waals surface area contributed by atoms with Gasteiger partial charge in [-0.15, -0.1) is 0 Å². The predicted molar refractivity (Wildman–Crippen MR) is 136 cm³/mol. The van der Waals surface area contributed by atoms with Gasteiger partial charge < -0.3 is 14.8 Å². The molecule has 0 aromatic heterocycles. The average molecular weight is 614 g/mol. The molecule has 0 saturated carbocycles. The van der Waals surface area contributed by atoms with Gasteiger partial charge >= 0.3 is 11.9 Å². The third-order valence-corrected chi connectivity index (χ3v) is 10.1. The van der Waals surface area contributed by atoms with Gasteiger partial charge in [-0.1, -0.05) is 6.07 Å². The lowest BCUT2D eigenvalue weighted by molar-refractivity contribution is -0.438. The van der Waals surface area contributed by atoms with Gasteiger partial charge in [0.2, 0.25) is 5.69 Å². The minimum atomic E-state index is -5.22. The van der Waals surface area contributed by atoms with E-state index >= 15 is 0 Å². The van der Waals surface area contributed by atoms with E-state index in [1.807, 2.05) is 0 Å². The van der Waals surface area contributed by atoms with Gasteiger partial charge in [0.1, 0.15) is 21.9 Å². The van der Waals surface area contributed by atoms with Gasteiger partial charge in [0.25, 0.3) is 20.2 Å². The molecule has 0 radical (unpaired) electrons. The summed E-state index contributed by atoms with van der Waals surface area (Å²) >= 11 is 0. The molecule has 1 aromatic carbocycles. The molecule has 14 nitrogen and oxygen atoms in total. The molecule has 39 heavy (non-hydrogen) atoms. The van der Waals surface area contributed by atoms with Crippen LogP contribution < -0.4 is 0 Å². The van der Waals surface area contributed by atoms with E-state index in [1.165, 1.54) is 6.07 Å². The first-order valence-electron chi connectivity index (χ1n) is 11.7. The summed E-state index contributed by atoms with van der Waals surface area (Å²) in [5.41, 5.74) is -0.486. The monoisotopic (exact) mass is 613 g/mol. The minimum Gasteiger partial charge on any atom is -0.747 e. The molecule has 1 heterocycles. The van der Waals surface area contributed by atoms with Crippen LogP contribution in [0.2, 0.25) is 0 Å². The second-order valence-electron chi connectivity index (χ2n) is 9.86. The molecule has 1 aromatic rings. The van der Waals surface area contributed by atoms with Crippen molar-refractivity contribution in [2.24, 2.45) is 0 Å². The quantitative estimate of drug-likeness (QED) is 0.172. The maximum atomic E-state index is 12.4. The van der Waals surface area contributed by atoms with Crippen LogP contribution in [0, 0.1) is 0 Å². The van der Waals surface area contributed by atoms with Crippen molar-refractivity contribution in [1.82, 2.24) is 0 Å². The SMILES string of the molecule is CC1=[N+](CCCS(=O)(=O)O)c2cc(C(CCC(=O)O)S(=O)(=O)O)cc(C(CCC(=O)O)S(=O)(=O)[O-])c2C1(C)C. The highest BCUT2D eigenvalue weighted by atomic mass is 32.2. The molecule has 0 aliphatic carbocycles. The van der Waals surface area contributed by atoms with Crippen molar-refractivity contribution in [3.8, 4) is 0 Å². The lowest BCUT2D eigenvalue weighted by atomic mass is 9.78. The van der Waals surface area contributed by atoms with Crippen molar-refractivity contribution in [2.75, 3.05) is 12.3 Å². The second kappa shape index (κ2) is 11.6. The molecular weight excluding hydrogens is 582 g/mol. The summed E-state index contributed by atoms with van der Waals surface area (Å²) in [6, 6.07) is 2.36. The smallest absolute Gasteiger partial charge is 0.303 e. The first-order valence-corrected chi connectivity index (χ1v) is 16.3. The number of carboxylic acid groups (broad SMARTS) is 2. The minimum absolute atomic E-state index is 0.0411. The third kappa shape index (κ3) is 8.04. The summed E-state index contributed by atoms with van der Waals surface area (Å²) in [4.78, 5) is 22.4. The topological polar surface area (TPSA) is 244 Å². The first kappa shape index (κ1) is 32.8. The fraction of sp³-hybridized carbons (Fsp3) is 0.591. The molecule has 0 bridgehead atoms. The standard InChI is InChI=1S/C22H31NO13S3/c1-13-22(2,3)21-15(18(39(34,35)36)6-8-20(26)27)11-14(17(38(31,32)33)5-7-19(24)25)12-16(21)23(13)9-4-10-37(28,29)30/h11-12,17-18H,4-10H2,1-3H3,(H4-,24,25,26,27,28,29,30,31,32,33,34,35,36). The molecule has 1 aliphatic heterocycles. The van der Waals surface area contributed by atoms with E-state index < -0.39 is 89.6 Å². The van der Waals surface area contributed by atoms with Gasteiger partial charge in [0, 0.05) is 37.8 Å². The van der Waals surface area contributed by atoms with Gasteiger partial charge in [-0.05, 0) is 37.8 Å². The zero-order valence-electron chi connectivity index (χ0n) is 21.4. The lowest BCUT2D eigenvalue weighted by Gasteiger charge is -2.27. The van der Waals surface area contributed by atoms with Crippen LogP contribution in [0.15, 0.2) is 12.1 Å². The maximum absolute atomic E-state index is 12.4. The Morgan fingerprint density at radius 1 is 0.949 bits per heavy atom. The number of benzene rings is 1. The Balaban J connectivity index is 2.92. The van der Waals surface area contributed by atoms with E-state index in [0.717, 1.165) is 6.07 Å². The molecular formula is C22H31NO13S3. The normalized spacial score (nSPS) is 17.1. The van der Waals surface area contributed by atoms with Crippen molar-refractivity contribution >= 4 is 53.7 Å². The highest BCUT2D eigenvalue weighted by Gasteiger charge is 2.47. The summed E-state index contributed by atoms with van der Waals surface area (Å²) in [5.74, 6) is -3.38. The van der Waals surface area contributed by atoms with Crippen LogP contribution in [0.4, 0.5) is 5.69 Å². The summed E-state index contributed by atoms with van der Waals surface area (Å²) in [5, 5.41) is 14.4. The number of rotatable bonds is 14. The molecule has 4 N–H and O–H groups in total. The molecule has 2 atom stereocenters. The van der Waals surface area contributed by atoms with E-state index in [1.54, 1.807) is 25.3 Å². The van der Waals surface area contributed by atoms with E-state index in [0.29, 0.717) is 5.71 Å². The van der Waals surface area contributed by atoms with Gasteiger partial charge in [0.15, 0.2) is 5.71 Å². The van der Waals surface area contributed by atoms with Crippen LogP contribution >= 0.6 is 0 Å². The van der Waals surface area contributed by atoms with Crippen molar-refractivity contribution in [1.29, 1.82) is 0 Å². The van der Waals surface area contributed by atoms with Crippen LogP contribution in [-0.4, -0.2) is 83.6 Å². The predicted octanol–water partition coefficient (Wildman–Crippen LogP) is 1.61. The largest absolute Gasteiger partial charge is 0.747 e. The van der Waals surface area contributed by atoms with E-state index in [4.69, 9.17) is 14.8 Å². The first-order chi connectivity index (χ1) is 17.6. The van der Waals surface area contributed by atoms with E-state index in [-0.39, 0.29) is 35.3 Å². The summed E-state index contributed by atoms with van der Waals surface area (Å²) < 4.78 is 105. The number of nitrogens with zero attached hydrogens (tertiary/aromatic N) is 1. The van der Waals surface area contributed by atoms with E-state index in [2.05, 4.69) is 0 Å². The highest BCUT2D eigenvalue weighted by molar-refractivity contribution is 7.86. The van der Waals surface area contributed by atoms with Crippen LogP contribution in [0.3, 0.4) is 0 Å². The van der Waals surface area contributed by atoms with Gasteiger partial charge in [0.05, 0.1) is 16.4 Å². The average Bonchev–Trinajstić information content (AvgIpc) is 2.91. The van der Waals surface area contributed by atoms with Crippen molar-refractivity contribution in [2.45, 2.75) is 68.8 Å². The number of hydrogen-bond acceptors (Lipinski definition) is 9. The molecule has 1 aliphatic rings. The Morgan fingerprint density at radius 3 is 1.90 bits per heavy atom.